The Morgan fingerprint density at radius 3 is 2.46 bits per heavy atom. The van der Waals surface area contributed by atoms with E-state index in [0.29, 0.717) is 0 Å². The summed E-state index contributed by atoms with van der Waals surface area (Å²) in [5.74, 6) is 0.102. The molecule has 0 radical (unpaired) electrons. The van der Waals surface area contributed by atoms with E-state index in [9.17, 15) is 4.79 Å². The Balaban J connectivity index is 1.95. The van der Waals surface area contributed by atoms with Crippen LogP contribution in [0.2, 0.25) is 0 Å². The molecule has 2 heterocycles. The van der Waals surface area contributed by atoms with E-state index in [4.69, 9.17) is 0 Å². The summed E-state index contributed by atoms with van der Waals surface area (Å²) in [4.78, 5) is 15.3. The first-order valence-corrected chi connectivity index (χ1v) is 9.56. The van der Waals surface area contributed by atoms with E-state index in [2.05, 4.69) is 29.2 Å². The molecule has 2 rings (SSSR count). The van der Waals surface area contributed by atoms with E-state index in [-0.39, 0.29) is 18.0 Å². The van der Waals surface area contributed by atoms with E-state index in [1.807, 2.05) is 24.6 Å². The van der Waals surface area contributed by atoms with Gasteiger partial charge in [0.25, 0.3) is 0 Å². The van der Waals surface area contributed by atoms with Gasteiger partial charge in [-0.05, 0) is 59.2 Å². The van der Waals surface area contributed by atoms with Gasteiger partial charge in [0, 0.05) is 18.3 Å². The highest BCUT2D eigenvalue weighted by atomic mass is 16.2. The largest absolute Gasteiger partial charge is 0.351 e. The fraction of sp³-hybridized carbons (Fsp3) is 0.789. The zero-order valence-corrected chi connectivity index (χ0v) is 15.8. The van der Waals surface area contributed by atoms with Crippen molar-refractivity contribution in [2.24, 2.45) is 0 Å². The molecule has 5 heteroatoms. The van der Waals surface area contributed by atoms with Gasteiger partial charge in [-0.3, -0.25) is 9.48 Å². The Morgan fingerprint density at radius 2 is 1.92 bits per heavy atom. The van der Waals surface area contributed by atoms with Gasteiger partial charge in [0.2, 0.25) is 5.91 Å². The van der Waals surface area contributed by atoms with Gasteiger partial charge in [-0.15, -0.1) is 0 Å². The molecule has 0 unspecified atom stereocenters. The summed E-state index contributed by atoms with van der Waals surface area (Å²) in [5.41, 5.74) is 2.03. The second kappa shape index (κ2) is 9.21. The molecule has 1 fully saturated rings. The van der Waals surface area contributed by atoms with E-state index < -0.39 is 0 Å². The molecular formula is C19H34N4O. The number of aromatic nitrogens is 2. The predicted octanol–water partition coefficient (Wildman–Crippen LogP) is 3.22. The van der Waals surface area contributed by atoms with Gasteiger partial charge in [0.05, 0.1) is 5.69 Å². The Labute approximate surface area is 146 Å². The van der Waals surface area contributed by atoms with Crippen LogP contribution in [-0.2, 0) is 4.79 Å². The standard InChI is InChI=1S/C19H34N4O/c1-5-10-18(23-17(4)13-15(2)21-23)19(24)20-16(3)14-22-11-8-6-7-9-12-22/h13,16,18H,5-12,14H2,1-4H3,(H,20,24)/t16-,18-/m0/s1. The lowest BCUT2D eigenvalue weighted by Crippen LogP contribution is -2.45. The molecular weight excluding hydrogens is 300 g/mol. The maximum Gasteiger partial charge on any atom is 0.245 e. The number of nitrogens with one attached hydrogen (secondary N) is 1. The maximum atomic E-state index is 12.8. The molecule has 0 aromatic carbocycles. The molecule has 1 amide bonds. The Morgan fingerprint density at radius 1 is 1.25 bits per heavy atom. The predicted molar refractivity (Wildman–Crippen MR) is 98.2 cm³/mol. The van der Waals surface area contributed by atoms with Gasteiger partial charge in [-0.1, -0.05) is 26.2 Å². The molecule has 24 heavy (non-hydrogen) atoms. The van der Waals surface area contributed by atoms with Crippen LogP contribution in [0.25, 0.3) is 0 Å². The first-order chi connectivity index (χ1) is 11.5. The second-order valence-electron chi connectivity index (χ2n) is 7.30. The number of likely N-dealkylation sites (tertiary alicyclic amines) is 1. The molecule has 5 nitrogen and oxygen atoms in total. The lowest BCUT2D eigenvalue weighted by molar-refractivity contribution is -0.125. The number of carbonyl (C=O) groups is 1. The average Bonchev–Trinajstić information content (AvgIpc) is 2.72. The van der Waals surface area contributed by atoms with Crippen molar-refractivity contribution in [3.63, 3.8) is 0 Å². The summed E-state index contributed by atoms with van der Waals surface area (Å²) in [6.07, 6.45) is 7.04. The summed E-state index contributed by atoms with van der Waals surface area (Å²) >= 11 is 0. The molecule has 0 bridgehead atoms. The van der Waals surface area contributed by atoms with Crippen LogP contribution in [-0.4, -0.2) is 46.3 Å². The van der Waals surface area contributed by atoms with E-state index >= 15 is 0 Å². The van der Waals surface area contributed by atoms with Crippen molar-refractivity contribution < 1.29 is 4.79 Å². The molecule has 0 aliphatic carbocycles. The smallest absolute Gasteiger partial charge is 0.245 e. The Bertz CT molecular complexity index is 517. The lowest BCUT2D eigenvalue weighted by atomic mass is 10.1. The topological polar surface area (TPSA) is 50.2 Å². The highest BCUT2D eigenvalue weighted by molar-refractivity contribution is 5.80. The van der Waals surface area contributed by atoms with Crippen molar-refractivity contribution in [3.8, 4) is 0 Å². The molecule has 1 saturated heterocycles. The summed E-state index contributed by atoms with van der Waals surface area (Å²) < 4.78 is 1.90. The van der Waals surface area contributed by atoms with Crippen LogP contribution in [0, 0.1) is 13.8 Å². The number of rotatable bonds is 7. The first-order valence-electron chi connectivity index (χ1n) is 9.56. The SMILES string of the molecule is CCC[C@@H](C(=O)N[C@@H](C)CN1CCCCCC1)n1nc(C)cc1C. The van der Waals surface area contributed by atoms with Gasteiger partial charge in [-0.2, -0.15) is 5.10 Å². The zero-order valence-electron chi connectivity index (χ0n) is 15.8. The minimum absolute atomic E-state index is 0.102. The number of hydrogen-bond acceptors (Lipinski definition) is 3. The highest BCUT2D eigenvalue weighted by Gasteiger charge is 2.24. The third-order valence-electron chi connectivity index (χ3n) is 4.82. The third-order valence-corrected chi connectivity index (χ3v) is 4.82. The molecule has 0 saturated carbocycles. The molecule has 1 aliphatic rings. The van der Waals surface area contributed by atoms with Gasteiger partial charge in [0.15, 0.2) is 0 Å². The summed E-state index contributed by atoms with van der Waals surface area (Å²) in [6, 6.07) is 2.01. The Hall–Kier alpha value is -1.36. The minimum Gasteiger partial charge on any atom is -0.351 e. The molecule has 136 valence electrons. The van der Waals surface area contributed by atoms with Crippen LogP contribution < -0.4 is 5.32 Å². The maximum absolute atomic E-state index is 12.8. The summed E-state index contributed by atoms with van der Waals surface area (Å²) in [5, 5.41) is 7.76. The van der Waals surface area contributed by atoms with Gasteiger partial charge >= 0.3 is 0 Å². The van der Waals surface area contributed by atoms with Crippen molar-refractivity contribution >= 4 is 5.91 Å². The van der Waals surface area contributed by atoms with Crippen LogP contribution in [0.4, 0.5) is 0 Å². The highest BCUT2D eigenvalue weighted by Crippen LogP contribution is 2.17. The number of amides is 1. The molecule has 1 N–H and O–H groups in total. The average molecular weight is 335 g/mol. The number of carbonyl (C=O) groups excluding carboxylic acids is 1. The molecule has 0 spiro atoms. The monoisotopic (exact) mass is 334 g/mol. The van der Waals surface area contributed by atoms with Crippen LogP contribution in [0.5, 0.6) is 0 Å². The fourth-order valence-corrected chi connectivity index (χ4v) is 3.69. The lowest BCUT2D eigenvalue weighted by Gasteiger charge is -2.26. The minimum atomic E-state index is -0.199. The van der Waals surface area contributed by atoms with Crippen LogP contribution in [0.15, 0.2) is 6.07 Å². The fourth-order valence-electron chi connectivity index (χ4n) is 3.69. The first kappa shape index (κ1) is 19.0. The summed E-state index contributed by atoms with van der Waals surface area (Å²) in [6.45, 7) is 11.5. The number of hydrogen-bond donors (Lipinski definition) is 1. The number of nitrogens with zero attached hydrogens (tertiary/aromatic N) is 3. The van der Waals surface area contributed by atoms with E-state index in [0.717, 1.165) is 43.9 Å². The van der Waals surface area contributed by atoms with Gasteiger partial charge in [-0.25, -0.2) is 0 Å². The van der Waals surface area contributed by atoms with Crippen molar-refractivity contribution in [2.45, 2.75) is 78.3 Å². The van der Waals surface area contributed by atoms with Gasteiger partial charge in [0.1, 0.15) is 6.04 Å². The van der Waals surface area contributed by atoms with Crippen molar-refractivity contribution in [1.29, 1.82) is 0 Å². The molecule has 1 aromatic heterocycles. The molecule has 2 atom stereocenters. The van der Waals surface area contributed by atoms with Crippen LogP contribution in [0.1, 0.15) is 69.8 Å². The summed E-state index contributed by atoms with van der Waals surface area (Å²) in [7, 11) is 0. The quantitative estimate of drug-likeness (QED) is 0.833. The van der Waals surface area contributed by atoms with Crippen molar-refractivity contribution in [3.05, 3.63) is 17.5 Å². The third kappa shape index (κ3) is 5.33. The van der Waals surface area contributed by atoms with Crippen LogP contribution >= 0.6 is 0 Å². The van der Waals surface area contributed by atoms with E-state index in [1.165, 1.54) is 25.7 Å². The molecule has 1 aromatic rings. The van der Waals surface area contributed by atoms with Crippen LogP contribution in [0.3, 0.4) is 0 Å². The molecule has 1 aliphatic heterocycles. The normalized spacial score (nSPS) is 18.8. The van der Waals surface area contributed by atoms with E-state index in [1.54, 1.807) is 0 Å². The number of aryl methyl sites for hydroxylation is 2. The van der Waals surface area contributed by atoms with Gasteiger partial charge < -0.3 is 10.2 Å². The Kier molecular flexibility index (Phi) is 7.28. The van der Waals surface area contributed by atoms with Crippen molar-refractivity contribution in [1.82, 2.24) is 20.0 Å². The second-order valence-corrected chi connectivity index (χ2v) is 7.30. The zero-order chi connectivity index (χ0) is 17.5. The van der Waals surface area contributed by atoms with Crippen molar-refractivity contribution in [2.75, 3.05) is 19.6 Å².